The first-order valence-corrected chi connectivity index (χ1v) is 9.95. The molecule has 5 nitrogen and oxygen atoms in total. The lowest BCUT2D eigenvalue weighted by molar-refractivity contribution is -0.133. The van der Waals surface area contributed by atoms with Crippen molar-refractivity contribution < 1.29 is 18.8 Å². The van der Waals surface area contributed by atoms with Gasteiger partial charge in [0.05, 0.1) is 21.4 Å². The van der Waals surface area contributed by atoms with Crippen LogP contribution in [-0.4, -0.2) is 30.4 Å². The van der Waals surface area contributed by atoms with Gasteiger partial charge in [-0.3, -0.25) is 4.79 Å². The minimum Gasteiger partial charge on any atom is -0.382 e. The molecule has 1 N–H and O–H groups in total. The number of benzene rings is 1. The third kappa shape index (κ3) is 4.15. The van der Waals surface area contributed by atoms with Crippen LogP contribution in [0.2, 0.25) is 4.34 Å². The summed E-state index contributed by atoms with van der Waals surface area (Å²) in [6.07, 6.45) is 1.31. The van der Waals surface area contributed by atoms with Crippen LogP contribution in [0.1, 0.15) is 35.7 Å². The molecule has 1 aromatic heterocycles. The van der Waals surface area contributed by atoms with E-state index < -0.39 is 6.10 Å². The van der Waals surface area contributed by atoms with E-state index in [2.05, 4.69) is 10.5 Å². The monoisotopic (exact) mass is 408 g/mol. The fourth-order valence-corrected chi connectivity index (χ4v) is 4.34. The van der Waals surface area contributed by atoms with Crippen molar-refractivity contribution in [2.75, 3.05) is 6.61 Å². The van der Waals surface area contributed by atoms with Crippen LogP contribution < -0.4 is 5.32 Å². The number of ether oxygens (including phenoxy) is 1. The number of thiophene rings is 1. The molecule has 1 aromatic carbocycles. The smallest absolute Gasteiger partial charge is 0.264 e. The minimum absolute atomic E-state index is 0.141. The maximum absolute atomic E-state index is 13.3. The predicted molar refractivity (Wildman–Crippen MR) is 102 cm³/mol. The molecular weight excluding hydrogens is 391 g/mol. The number of rotatable bonds is 5. The summed E-state index contributed by atoms with van der Waals surface area (Å²) in [6, 6.07) is 9.42. The molecule has 1 amide bonds. The molecule has 27 heavy (non-hydrogen) atoms. The van der Waals surface area contributed by atoms with Crippen LogP contribution in [0.25, 0.3) is 0 Å². The second-order valence-corrected chi connectivity index (χ2v) is 8.24. The number of hydrogen-bond donors (Lipinski definition) is 1. The van der Waals surface area contributed by atoms with E-state index in [4.69, 9.17) is 21.2 Å². The summed E-state index contributed by atoms with van der Waals surface area (Å²) in [5, 5.41) is 7.04. The highest BCUT2D eigenvalue weighted by Crippen LogP contribution is 2.29. The lowest BCUT2D eigenvalue weighted by atomic mass is 9.98. The Bertz CT molecular complexity index is 849. The number of nitrogens with one attached hydrogen (secondary N) is 1. The van der Waals surface area contributed by atoms with Crippen molar-refractivity contribution in [2.45, 2.75) is 37.5 Å². The fraction of sp³-hybridized carbons (Fsp3) is 0.368. The summed E-state index contributed by atoms with van der Waals surface area (Å²) in [5.74, 6) is -0.579. The van der Waals surface area contributed by atoms with Crippen molar-refractivity contribution in [3.05, 3.63) is 57.0 Å². The standard InChI is InChI=1S/C19H18ClFN2O3S/c20-17-8-7-16(27-17)13-10-15(26-23-13)19(24)22-18(14-2-1-9-25-14)11-3-5-12(21)6-4-11/h3-8,14-15,18H,1-2,9-10H2,(H,22,24). The maximum atomic E-state index is 13.3. The van der Waals surface area contributed by atoms with Crippen LogP contribution in [0, 0.1) is 5.82 Å². The zero-order chi connectivity index (χ0) is 18.8. The second-order valence-electron chi connectivity index (χ2n) is 6.53. The number of carbonyl (C=O) groups excluding carboxylic acids is 1. The van der Waals surface area contributed by atoms with Gasteiger partial charge in [-0.1, -0.05) is 28.9 Å². The van der Waals surface area contributed by atoms with Crippen molar-refractivity contribution in [2.24, 2.45) is 5.16 Å². The van der Waals surface area contributed by atoms with Crippen LogP contribution in [-0.2, 0) is 14.4 Å². The van der Waals surface area contributed by atoms with Gasteiger partial charge in [-0.05, 0) is 42.7 Å². The first-order chi connectivity index (χ1) is 13.1. The van der Waals surface area contributed by atoms with Gasteiger partial charge in [0.1, 0.15) is 11.5 Å². The molecule has 0 saturated carbocycles. The lowest BCUT2D eigenvalue weighted by Crippen LogP contribution is -2.41. The van der Waals surface area contributed by atoms with Crippen LogP contribution in [0.5, 0.6) is 0 Å². The first kappa shape index (κ1) is 18.4. The first-order valence-electron chi connectivity index (χ1n) is 8.76. The molecule has 142 valence electrons. The molecule has 1 saturated heterocycles. The molecule has 1 fully saturated rings. The summed E-state index contributed by atoms with van der Waals surface area (Å²) in [6.45, 7) is 0.657. The molecule has 0 bridgehead atoms. The van der Waals surface area contributed by atoms with Crippen LogP contribution >= 0.6 is 22.9 Å². The van der Waals surface area contributed by atoms with Crippen LogP contribution in [0.4, 0.5) is 4.39 Å². The van der Waals surface area contributed by atoms with Gasteiger partial charge in [-0.25, -0.2) is 4.39 Å². The Balaban J connectivity index is 1.45. The van der Waals surface area contributed by atoms with E-state index in [1.807, 2.05) is 6.07 Å². The van der Waals surface area contributed by atoms with Crippen LogP contribution in [0.15, 0.2) is 41.6 Å². The van der Waals surface area contributed by atoms with E-state index in [0.717, 1.165) is 23.3 Å². The Labute approximate surface area is 165 Å². The summed E-state index contributed by atoms with van der Waals surface area (Å²) in [4.78, 5) is 19.0. The van der Waals surface area contributed by atoms with Crippen molar-refractivity contribution in [1.29, 1.82) is 0 Å². The Hall–Kier alpha value is -1.96. The SMILES string of the molecule is O=C(NC(c1ccc(F)cc1)C1CCCO1)C1CC(c2ccc(Cl)s2)=NO1. The predicted octanol–water partition coefficient (Wildman–Crippen LogP) is 4.07. The molecule has 2 aliphatic heterocycles. The van der Waals surface area contributed by atoms with Crippen molar-refractivity contribution in [3.8, 4) is 0 Å². The summed E-state index contributed by atoms with van der Waals surface area (Å²) >= 11 is 7.36. The molecule has 3 unspecified atom stereocenters. The number of oxime groups is 1. The molecule has 2 aromatic rings. The average Bonchev–Trinajstić information content (AvgIpc) is 3.41. The Kier molecular flexibility index (Phi) is 5.43. The number of carbonyl (C=O) groups is 1. The van der Waals surface area contributed by atoms with Gasteiger partial charge in [0.25, 0.3) is 5.91 Å². The topological polar surface area (TPSA) is 59.9 Å². The molecule has 0 aliphatic carbocycles. The molecule has 0 radical (unpaired) electrons. The quantitative estimate of drug-likeness (QED) is 0.811. The van der Waals surface area contributed by atoms with Gasteiger partial charge in [-0.2, -0.15) is 0 Å². The highest BCUT2D eigenvalue weighted by atomic mass is 35.5. The van der Waals surface area contributed by atoms with Crippen LogP contribution in [0.3, 0.4) is 0 Å². The molecule has 3 atom stereocenters. The highest BCUT2D eigenvalue weighted by molar-refractivity contribution is 7.18. The lowest BCUT2D eigenvalue weighted by Gasteiger charge is -2.25. The number of nitrogens with zero attached hydrogens (tertiary/aromatic N) is 1. The van der Waals surface area contributed by atoms with Crippen molar-refractivity contribution in [1.82, 2.24) is 5.32 Å². The summed E-state index contributed by atoms with van der Waals surface area (Å²) < 4.78 is 19.7. The number of hydrogen-bond acceptors (Lipinski definition) is 5. The zero-order valence-corrected chi connectivity index (χ0v) is 15.9. The van der Waals surface area contributed by atoms with Gasteiger partial charge >= 0.3 is 0 Å². The average molecular weight is 409 g/mol. The van der Waals surface area contributed by atoms with Gasteiger partial charge < -0.3 is 14.9 Å². The fourth-order valence-electron chi connectivity index (χ4n) is 3.31. The van der Waals surface area contributed by atoms with E-state index in [1.54, 1.807) is 18.2 Å². The molecule has 2 aliphatic rings. The van der Waals surface area contributed by atoms with E-state index in [1.165, 1.54) is 23.5 Å². The van der Waals surface area contributed by atoms with Gasteiger partial charge in [-0.15, -0.1) is 11.3 Å². The highest BCUT2D eigenvalue weighted by Gasteiger charge is 2.34. The number of amides is 1. The second kappa shape index (κ2) is 7.96. The molecule has 8 heteroatoms. The Morgan fingerprint density at radius 1 is 1.30 bits per heavy atom. The molecule has 3 heterocycles. The number of halogens is 2. The van der Waals surface area contributed by atoms with E-state index in [-0.39, 0.29) is 23.9 Å². The Morgan fingerprint density at radius 2 is 2.11 bits per heavy atom. The largest absolute Gasteiger partial charge is 0.382 e. The van der Waals surface area contributed by atoms with E-state index >= 15 is 0 Å². The third-order valence-electron chi connectivity index (χ3n) is 4.68. The molecular formula is C19H18ClFN2O3S. The van der Waals surface area contributed by atoms with Crippen molar-refractivity contribution >= 4 is 34.6 Å². The summed E-state index contributed by atoms with van der Waals surface area (Å²) in [5.41, 5.74) is 1.52. The van der Waals surface area contributed by atoms with E-state index in [9.17, 15) is 9.18 Å². The Morgan fingerprint density at radius 3 is 2.78 bits per heavy atom. The maximum Gasteiger partial charge on any atom is 0.264 e. The summed E-state index contributed by atoms with van der Waals surface area (Å²) in [7, 11) is 0. The molecule has 0 spiro atoms. The van der Waals surface area contributed by atoms with Gasteiger partial charge in [0, 0.05) is 13.0 Å². The van der Waals surface area contributed by atoms with Gasteiger partial charge in [0.15, 0.2) is 0 Å². The van der Waals surface area contributed by atoms with Gasteiger partial charge in [0.2, 0.25) is 6.10 Å². The van der Waals surface area contributed by atoms with Crippen molar-refractivity contribution in [3.63, 3.8) is 0 Å². The molecule has 4 rings (SSSR count). The normalized spacial score (nSPS) is 23.0. The minimum atomic E-state index is -0.703. The zero-order valence-electron chi connectivity index (χ0n) is 14.4. The third-order valence-corrected chi connectivity index (χ3v) is 5.96. The van der Waals surface area contributed by atoms with E-state index in [0.29, 0.717) is 23.1 Å².